The molecule has 3 aromatic heterocycles. The number of pyridine rings is 1. The number of carbonyl (C=O) groups is 2. The van der Waals surface area contributed by atoms with Crippen molar-refractivity contribution in [2.75, 3.05) is 17.7 Å². The van der Waals surface area contributed by atoms with Crippen molar-refractivity contribution in [3.63, 3.8) is 0 Å². The third-order valence-electron chi connectivity index (χ3n) is 4.42. The van der Waals surface area contributed by atoms with Gasteiger partial charge in [-0.1, -0.05) is 11.8 Å². The fourth-order valence-corrected chi connectivity index (χ4v) is 4.72. The number of hydrogen-bond donors (Lipinski definition) is 1. The number of nitrogens with one attached hydrogen (secondary N) is 1. The third kappa shape index (κ3) is 4.71. The van der Waals surface area contributed by atoms with Gasteiger partial charge in [0.05, 0.1) is 17.9 Å². The molecule has 3 rings (SSSR count). The number of aromatic nitrogens is 4. The second kappa shape index (κ2) is 9.86. The van der Waals surface area contributed by atoms with Crippen molar-refractivity contribution in [3.05, 3.63) is 40.5 Å². The molecule has 0 spiro atoms. The number of anilines is 1. The highest BCUT2D eigenvalue weighted by Gasteiger charge is 2.22. The summed E-state index contributed by atoms with van der Waals surface area (Å²) in [5.74, 6) is 0.238. The fraction of sp³-hybridized carbons (Fsp3) is 0.350. The Morgan fingerprint density at radius 1 is 1.20 bits per heavy atom. The predicted molar refractivity (Wildman–Crippen MR) is 118 cm³/mol. The number of carbonyl (C=O) groups excluding carboxylic acids is 2. The Morgan fingerprint density at radius 3 is 2.60 bits per heavy atom. The van der Waals surface area contributed by atoms with E-state index in [2.05, 4.69) is 20.5 Å². The van der Waals surface area contributed by atoms with E-state index in [4.69, 9.17) is 4.74 Å². The Morgan fingerprint density at radius 2 is 1.93 bits per heavy atom. The number of thioether (sulfide) groups is 1. The van der Waals surface area contributed by atoms with Crippen LogP contribution >= 0.6 is 23.1 Å². The van der Waals surface area contributed by atoms with Crippen LogP contribution in [0.2, 0.25) is 0 Å². The molecule has 30 heavy (non-hydrogen) atoms. The van der Waals surface area contributed by atoms with Gasteiger partial charge in [0.15, 0.2) is 11.0 Å². The van der Waals surface area contributed by atoms with E-state index in [9.17, 15) is 9.59 Å². The van der Waals surface area contributed by atoms with E-state index in [0.717, 1.165) is 21.8 Å². The maximum absolute atomic E-state index is 12.6. The minimum Gasteiger partial charge on any atom is -0.462 e. The molecule has 158 valence electrons. The molecular weight excluding hydrogens is 422 g/mol. The van der Waals surface area contributed by atoms with Crippen LogP contribution in [-0.4, -0.2) is 44.0 Å². The summed E-state index contributed by atoms with van der Waals surface area (Å²) < 4.78 is 7.09. The van der Waals surface area contributed by atoms with Gasteiger partial charge in [0, 0.05) is 29.4 Å². The minimum absolute atomic E-state index is 0.146. The first-order valence-electron chi connectivity index (χ1n) is 9.49. The third-order valence-corrected chi connectivity index (χ3v) is 6.51. The first-order valence-corrected chi connectivity index (χ1v) is 11.3. The van der Waals surface area contributed by atoms with E-state index >= 15 is 0 Å². The molecule has 8 nitrogen and oxygen atoms in total. The van der Waals surface area contributed by atoms with Gasteiger partial charge in [-0.25, -0.2) is 4.79 Å². The molecule has 0 aliphatic heterocycles. The van der Waals surface area contributed by atoms with Crippen LogP contribution in [0.25, 0.3) is 11.4 Å². The zero-order valence-corrected chi connectivity index (χ0v) is 18.9. The molecule has 0 saturated carbocycles. The Hall–Kier alpha value is -2.72. The number of aryl methyl sites for hydroxylation is 1. The Bertz CT molecular complexity index is 1050. The Labute approximate surface area is 183 Å². The Kier molecular flexibility index (Phi) is 7.22. The van der Waals surface area contributed by atoms with Crippen molar-refractivity contribution >= 4 is 40.0 Å². The largest absolute Gasteiger partial charge is 0.462 e. The molecule has 0 bridgehead atoms. The van der Waals surface area contributed by atoms with E-state index in [1.54, 1.807) is 19.3 Å². The second-order valence-corrected chi connectivity index (χ2v) is 8.50. The summed E-state index contributed by atoms with van der Waals surface area (Å²) in [7, 11) is 0. The first kappa shape index (κ1) is 22.0. The fourth-order valence-electron chi connectivity index (χ4n) is 2.85. The van der Waals surface area contributed by atoms with Crippen LogP contribution in [0.1, 0.15) is 34.6 Å². The average Bonchev–Trinajstić information content (AvgIpc) is 3.27. The summed E-state index contributed by atoms with van der Waals surface area (Å²) >= 11 is 2.67. The van der Waals surface area contributed by atoms with Crippen LogP contribution in [0.15, 0.2) is 29.7 Å². The standard InChI is InChI=1S/C20H23N5O3S2/c1-5-25-17(14-7-9-21-10-8-14)23-24-20(25)29-11-15(26)22-18-16(19(27)28-6-2)12(3)13(4)30-18/h7-10H,5-6,11H2,1-4H3,(H,22,26). The lowest BCUT2D eigenvalue weighted by Gasteiger charge is -2.08. The molecule has 3 aromatic rings. The summed E-state index contributed by atoms with van der Waals surface area (Å²) in [4.78, 5) is 29.8. The van der Waals surface area contributed by atoms with E-state index in [0.29, 0.717) is 22.3 Å². The lowest BCUT2D eigenvalue weighted by atomic mass is 10.1. The van der Waals surface area contributed by atoms with Crippen LogP contribution in [-0.2, 0) is 16.1 Å². The lowest BCUT2D eigenvalue weighted by molar-refractivity contribution is -0.113. The molecule has 0 saturated heterocycles. The molecule has 0 radical (unpaired) electrons. The molecule has 10 heteroatoms. The minimum atomic E-state index is -0.421. The number of hydrogen-bond acceptors (Lipinski definition) is 8. The van der Waals surface area contributed by atoms with Crippen LogP contribution in [0.4, 0.5) is 5.00 Å². The maximum Gasteiger partial charge on any atom is 0.341 e. The van der Waals surface area contributed by atoms with Gasteiger partial charge in [-0.3, -0.25) is 9.78 Å². The van der Waals surface area contributed by atoms with Gasteiger partial charge in [0.2, 0.25) is 5.91 Å². The van der Waals surface area contributed by atoms with Gasteiger partial charge in [-0.2, -0.15) is 0 Å². The van der Waals surface area contributed by atoms with Crippen LogP contribution < -0.4 is 5.32 Å². The zero-order chi connectivity index (χ0) is 21.7. The summed E-state index contributed by atoms with van der Waals surface area (Å²) in [6, 6.07) is 3.74. The summed E-state index contributed by atoms with van der Waals surface area (Å²) in [5, 5.41) is 12.5. The van der Waals surface area contributed by atoms with E-state index < -0.39 is 5.97 Å². The van der Waals surface area contributed by atoms with Crippen molar-refractivity contribution in [1.82, 2.24) is 19.7 Å². The average molecular weight is 446 g/mol. The highest BCUT2D eigenvalue weighted by Crippen LogP contribution is 2.33. The zero-order valence-electron chi connectivity index (χ0n) is 17.3. The lowest BCUT2D eigenvalue weighted by Crippen LogP contribution is -2.17. The van der Waals surface area contributed by atoms with E-state index in [1.165, 1.54) is 23.1 Å². The van der Waals surface area contributed by atoms with Gasteiger partial charge >= 0.3 is 5.97 Å². The van der Waals surface area contributed by atoms with Crippen LogP contribution in [0, 0.1) is 13.8 Å². The molecule has 0 aromatic carbocycles. The summed E-state index contributed by atoms with van der Waals surface area (Å²) in [6.45, 7) is 8.48. The number of nitrogens with zero attached hydrogens (tertiary/aromatic N) is 4. The monoisotopic (exact) mass is 445 g/mol. The highest BCUT2D eigenvalue weighted by atomic mass is 32.2. The molecule has 0 fully saturated rings. The SMILES string of the molecule is CCOC(=O)c1c(NC(=O)CSc2nnc(-c3ccncc3)n2CC)sc(C)c1C. The van der Waals surface area contributed by atoms with E-state index in [-0.39, 0.29) is 18.3 Å². The van der Waals surface area contributed by atoms with Gasteiger partial charge in [0.1, 0.15) is 5.00 Å². The second-order valence-electron chi connectivity index (χ2n) is 6.33. The molecule has 0 aliphatic carbocycles. The first-order chi connectivity index (χ1) is 14.5. The number of rotatable bonds is 8. The van der Waals surface area contributed by atoms with E-state index in [1.807, 2.05) is 37.5 Å². The van der Waals surface area contributed by atoms with Crippen molar-refractivity contribution in [3.8, 4) is 11.4 Å². The topological polar surface area (TPSA) is 99.0 Å². The molecule has 0 unspecified atom stereocenters. The van der Waals surface area contributed by atoms with Crippen LogP contribution in [0.5, 0.6) is 0 Å². The van der Waals surface area contributed by atoms with Gasteiger partial charge in [-0.15, -0.1) is 21.5 Å². The van der Waals surface area contributed by atoms with Crippen LogP contribution in [0.3, 0.4) is 0 Å². The van der Waals surface area contributed by atoms with Crippen molar-refractivity contribution in [1.29, 1.82) is 0 Å². The number of ether oxygens (including phenoxy) is 1. The quantitative estimate of drug-likeness (QED) is 0.414. The summed E-state index contributed by atoms with van der Waals surface area (Å²) in [6.07, 6.45) is 3.41. The maximum atomic E-state index is 12.6. The highest BCUT2D eigenvalue weighted by molar-refractivity contribution is 7.99. The van der Waals surface area contributed by atoms with Crippen molar-refractivity contribution in [2.24, 2.45) is 0 Å². The van der Waals surface area contributed by atoms with Gasteiger partial charge < -0.3 is 14.6 Å². The molecule has 3 heterocycles. The van der Waals surface area contributed by atoms with Gasteiger partial charge in [0.25, 0.3) is 0 Å². The number of amides is 1. The Balaban J connectivity index is 1.71. The number of thiophene rings is 1. The predicted octanol–water partition coefficient (Wildman–Crippen LogP) is 3.95. The molecule has 1 N–H and O–H groups in total. The molecule has 0 aliphatic rings. The number of esters is 1. The normalized spacial score (nSPS) is 10.8. The summed E-state index contributed by atoms with van der Waals surface area (Å²) in [5.41, 5.74) is 2.17. The molecular formula is C20H23N5O3S2. The van der Waals surface area contributed by atoms with Gasteiger partial charge in [-0.05, 0) is 45.4 Å². The van der Waals surface area contributed by atoms with Crippen molar-refractivity contribution in [2.45, 2.75) is 39.4 Å². The molecule has 1 amide bonds. The molecule has 0 atom stereocenters. The van der Waals surface area contributed by atoms with Crippen molar-refractivity contribution < 1.29 is 14.3 Å². The smallest absolute Gasteiger partial charge is 0.341 e.